The second kappa shape index (κ2) is 11.9. The van der Waals surface area contributed by atoms with Crippen LogP contribution in [0.5, 0.6) is 11.5 Å². The van der Waals surface area contributed by atoms with Crippen LogP contribution in [0.1, 0.15) is 31.2 Å². The summed E-state index contributed by atoms with van der Waals surface area (Å²) in [5, 5.41) is 16.3. The van der Waals surface area contributed by atoms with Crippen LogP contribution in [-0.4, -0.2) is 51.7 Å². The average Bonchev–Trinajstić information content (AvgIpc) is 3.28. The van der Waals surface area contributed by atoms with Crippen LogP contribution in [0.4, 0.5) is 0 Å². The molecular formula is C26H31Cl2N3O3. The molecule has 34 heavy (non-hydrogen) atoms. The van der Waals surface area contributed by atoms with Crippen LogP contribution in [0, 0.1) is 0 Å². The summed E-state index contributed by atoms with van der Waals surface area (Å²) in [6.45, 7) is 4.30. The Morgan fingerprint density at radius 1 is 0.971 bits per heavy atom. The summed E-state index contributed by atoms with van der Waals surface area (Å²) in [5.41, 5.74) is 0.350. The van der Waals surface area contributed by atoms with Crippen LogP contribution in [0.15, 0.2) is 60.9 Å². The Labute approximate surface area is 211 Å². The summed E-state index contributed by atoms with van der Waals surface area (Å²) in [7, 11) is 0. The van der Waals surface area contributed by atoms with Gasteiger partial charge in [0.2, 0.25) is 0 Å². The number of hydrogen-bond donors (Lipinski definition) is 1. The number of nitrogens with zero attached hydrogens (tertiary/aromatic N) is 3. The molecular weight excluding hydrogens is 473 g/mol. The van der Waals surface area contributed by atoms with Crippen molar-refractivity contribution in [3.8, 4) is 11.5 Å². The smallest absolute Gasteiger partial charge is 0.121 e. The zero-order valence-electron chi connectivity index (χ0n) is 19.2. The number of likely N-dealkylation sites (tertiary alicyclic amines) is 1. The zero-order valence-corrected chi connectivity index (χ0v) is 20.7. The Balaban J connectivity index is 1.23. The SMILES string of the molecule is O[C@@]1(COc2ccc(Cl)c(Cl)c2)CCCN(Cc2cccc(OCCCn3cccn3)c2)CC1. The molecule has 0 saturated carbocycles. The molecule has 2 heterocycles. The molecule has 0 bridgehead atoms. The average molecular weight is 504 g/mol. The topological polar surface area (TPSA) is 59.8 Å². The monoisotopic (exact) mass is 503 g/mol. The Morgan fingerprint density at radius 3 is 2.68 bits per heavy atom. The van der Waals surface area contributed by atoms with Crippen molar-refractivity contribution in [1.29, 1.82) is 0 Å². The molecule has 8 heteroatoms. The molecule has 6 nitrogen and oxygen atoms in total. The molecule has 0 radical (unpaired) electrons. The van der Waals surface area contributed by atoms with Gasteiger partial charge >= 0.3 is 0 Å². The van der Waals surface area contributed by atoms with Gasteiger partial charge in [-0.1, -0.05) is 35.3 Å². The van der Waals surface area contributed by atoms with Crippen molar-refractivity contribution in [2.24, 2.45) is 0 Å². The second-order valence-corrected chi connectivity index (χ2v) is 9.65. The third-order valence-corrected chi connectivity index (χ3v) is 6.81. The predicted octanol–water partition coefficient (Wildman–Crippen LogP) is 5.46. The lowest BCUT2D eigenvalue weighted by Gasteiger charge is -2.27. The van der Waals surface area contributed by atoms with E-state index in [0.717, 1.165) is 44.8 Å². The highest BCUT2D eigenvalue weighted by molar-refractivity contribution is 6.42. The molecule has 1 N–H and O–H groups in total. The first-order valence-electron chi connectivity index (χ1n) is 11.7. The van der Waals surface area contributed by atoms with E-state index in [2.05, 4.69) is 22.1 Å². The highest BCUT2D eigenvalue weighted by Gasteiger charge is 2.31. The van der Waals surface area contributed by atoms with Crippen LogP contribution in [0.3, 0.4) is 0 Å². The number of ether oxygens (including phenoxy) is 2. The summed E-state index contributed by atoms with van der Waals surface area (Å²) in [6, 6.07) is 15.4. The van der Waals surface area contributed by atoms with Crippen LogP contribution in [-0.2, 0) is 13.1 Å². The van der Waals surface area contributed by atoms with Crippen molar-refractivity contribution in [2.75, 3.05) is 26.3 Å². The maximum absolute atomic E-state index is 11.1. The van der Waals surface area contributed by atoms with Gasteiger partial charge < -0.3 is 14.6 Å². The Hall–Kier alpha value is -2.25. The van der Waals surface area contributed by atoms with E-state index in [1.807, 2.05) is 29.1 Å². The Kier molecular flexibility index (Phi) is 8.73. The van der Waals surface area contributed by atoms with Crippen LogP contribution in [0.2, 0.25) is 10.0 Å². The zero-order chi connectivity index (χ0) is 23.8. The Morgan fingerprint density at radius 2 is 1.85 bits per heavy atom. The van der Waals surface area contributed by atoms with Crippen LogP contribution in [0.25, 0.3) is 0 Å². The first kappa shape index (κ1) is 24.9. The van der Waals surface area contributed by atoms with Crippen molar-refractivity contribution < 1.29 is 14.6 Å². The minimum Gasteiger partial charge on any atom is -0.494 e. The van der Waals surface area contributed by atoms with Gasteiger partial charge in [0.05, 0.1) is 22.3 Å². The quantitative estimate of drug-likeness (QED) is 0.372. The van der Waals surface area contributed by atoms with Crippen molar-refractivity contribution in [3.05, 3.63) is 76.5 Å². The number of aromatic nitrogens is 2. The van der Waals surface area contributed by atoms with Gasteiger partial charge in [-0.25, -0.2) is 0 Å². The normalized spacial score (nSPS) is 19.0. The highest BCUT2D eigenvalue weighted by atomic mass is 35.5. The number of halogens is 2. The molecule has 2 aromatic carbocycles. The lowest BCUT2D eigenvalue weighted by Crippen LogP contribution is -2.37. The fraction of sp³-hybridized carbons (Fsp3) is 0.423. The molecule has 3 aromatic rings. The third kappa shape index (κ3) is 7.37. The fourth-order valence-electron chi connectivity index (χ4n) is 4.16. The van der Waals surface area contributed by atoms with Gasteiger partial charge in [0, 0.05) is 44.5 Å². The van der Waals surface area contributed by atoms with Crippen LogP contribution < -0.4 is 9.47 Å². The lowest BCUT2D eigenvalue weighted by molar-refractivity contribution is -0.0168. The first-order chi connectivity index (χ1) is 16.5. The van der Waals surface area contributed by atoms with Crippen molar-refractivity contribution >= 4 is 23.2 Å². The number of hydrogen-bond acceptors (Lipinski definition) is 5. The number of rotatable bonds is 10. The van der Waals surface area contributed by atoms with Gasteiger partial charge in [0.1, 0.15) is 18.1 Å². The molecule has 4 rings (SSSR count). The van der Waals surface area contributed by atoms with Crippen molar-refractivity contribution in [1.82, 2.24) is 14.7 Å². The van der Waals surface area contributed by atoms with E-state index >= 15 is 0 Å². The maximum atomic E-state index is 11.1. The van der Waals surface area contributed by atoms with E-state index in [1.165, 1.54) is 5.56 Å². The Bertz CT molecular complexity index is 1050. The second-order valence-electron chi connectivity index (χ2n) is 8.84. The molecule has 1 aliphatic heterocycles. The van der Waals surface area contributed by atoms with E-state index in [9.17, 15) is 5.11 Å². The molecule has 1 aliphatic rings. The minimum absolute atomic E-state index is 0.237. The summed E-state index contributed by atoms with van der Waals surface area (Å²) >= 11 is 12.0. The van der Waals surface area contributed by atoms with Gasteiger partial charge in [-0.3, -0.25) is 9.58 Å². The molecule has 0 aliphatic carbocycles. The predicted molar refractivity (Wildman–Crippen MR) is 135 cm³/mol. The molecule has 1 saturated heterocycles. The van der Waals surface area contributed by atoms with E-state index < -0.39 is 5.60 Å². The van der Waals surface area contributed by atoms with E-state index in [4.69, 9.17) is 32.7 Å². The van der Waals surface area contributed by atoms with E-state index in [0.29, 0.717) is 35.2 Å². The summed E-state index contributed by atoms with van der Waals surface area (Å²) < 4.78 is 13.7. The third-order valence-electron chi connectivity index (χ3n) is 6.07. The molecule has 0 amide bonds. The van der Waals surface area contributed by atoms with Gasteiger partial charge in [0.15, 0.2) is 0 Å². The standard InChI is InChI=1S/C26H31Cl2N3O3/c27-24-8-7-23(18-25(24)28)34-20-26(32)9-2-12-30(15-10-26)19-21-5-1-6-22(17-21)33-16-4-14-31-13-3-11-29-31/h1,3,5-8,11,13,17-18,32H,2,4,9-10,12,14-16,19-20H2/t26-/m0/s1. The molecule has 0 spiro atoms. The minimum atomic E-state index is -0.861. The maximum Gasteiger partial charge on any atom is 0.121 e. The molecule has 1 atom stereocenters. The highest BCUT2D eigenvalue weighted by Crippen LogP contribution is 2.29. The molecule has 0 unspecified atom stereocenters. The van der Waals surface area contributed by atoms with Gasteiger partial charge in [-0.05, 0) is 61.7 Å². The van der Waals surface area contributed by atoms with Crippen molar-refractivity contribution in [3.63, 3.8) is 0 Å². The molecule has 1 aromatic heterocycles. The van der Waals surface area contributed by atoms with E-state index in [-0.39, 0.29) is 6.61 Å². The van der Waals surface area contributed by atoms with Gasteiger partial charge in [0.25, 0.3) is 0 Å². The van der Waals surface area contributed by atoms with Gasteiger partial charge in [-0.15, -0.1) is 0 Å². The number of aryl methyl sites for hydroxylation is 1. The molecule has 182 valence electrons. The number of benzene rings is 2. The van der Waals surface area contributed by atoms with Gasteiger partial charge in [-0.2, -0.15) is 5.10 Å². The summed E-state index contributed by atoms with van der Waals surface area (Å²) in [4.78, 5) is 2.38. The van der Waals surface area contributed by atoms with Crippen LogP contribution >= 0.6 is 23.2 Å². The fourth-order valence-corrected chi connectivity index (χ4v) is 4.45. The molecule has 1 fully saturated rings. The number of aliphatic hydroxyl groups is 1. The lowest BCUT2D eigenvalue weighted by atomic mass is 9.96. The van der Waals surface area contributed by atoms with E-state index in [1.54, 1.807) is 24.4 Å². The summed E-state index contributed by atoms with van der Waals surface area (Å²) in [5.74, 6) is 1.50. The van der Waals surface area contributed by atoms with Crippen molar-refractivity contribution in [2.45, 2.75) is 44.4 Å². The first-order valence-corrected chi connectivity index (χ1v) is 12.5. The summed E-state index contributed by atoms with van der Waals surface area (Å²) in [6.07, 6.45) is 6.91. The largest absolute Gasteiger partial charge is 0.494 e.